The number of nitrogens with zero attached hydrogens (tertiary/aromatic N) is 5. The minimum atomic E-state index is -4.29. The molecule has 2 N–H and O–H groups in total. The second-order valence-corrected chi connectivity index (χ2v) is 10.0. The molecular weight excluding hydrogens is 493 g/mol. The summed E-state index contributed by atoms with van der Waals surface area (Å²) in [5.74, 6) is -1.60. The number of carbonyl (C=O) groups excluding carboxylic acids is 2. The highest BCUT2D eigenvalue weighted by Crippen LogP contribution is 2.25. The van der Waals surface area contributed by atoms with Gasteiger partial charge in [-0.1, -0.05) is 13.8 Å². The topological polar surface area (TPSA) is 112 Å². The van der Waals surface area contributed by atoms with E-state index in [9.17, 15) is 32.7 Å². The van der Waals surface area contributed by atoms with Crippen LogP contribution in [0.1, 0.15) is 48.3 Å². The number of rotatable bonds is 7. The van der Waals surface area contributed by atoms with E-state index in [1.165, 1.54) is 26.5 Å². The fourth-order valence-corrected chi connectivity index (χ4v) is 4.42. The molecule has 2 aromatic heterocycles. The van der Waals surface area contributed by atoms with Gasteiger partial charge in [0.05, 0.1) is 12.2 Å². The highest BCUT2D eigenvalue weighted by atomic mass is 19.4. The van der Waals surface area contributed by atoms with E-state index in [2.05, 4.69) is 10.4 Å². The Labute approximate surface area is 211 Å². The van der Waals surface area contributed by atoms with Gasteiger partial charge in [0.15, 0.2) is 5.56 Å². The molecule has 0 bridgehead atoms. The zero-order valence-electron chi connectivity index (χ0n) is 21.0. The lowest BCUT2D eigenvalue weighted by Crippen LogP contribution is -2.50. The minimum absolute atomic E-state index is 0.0141. The Kier molecular flexibility index (Phi) is 7.36. The monoisotopic (exact) mass is 524 g/mol. The summed E-state index contributed by atoms with van der Waals surface area (Å²) in [6.07, 6.45) is 0.120. The molecule has 13 heteroatoms. The van der Waals surface area contributed by atoms with E-state index in [0.29, 0.717) is 11.3 Å². The summed E-state index contributed by atoms with van der Waals surface area (Å²) >= 11 is 0. The number of nitrogens with one attached hydrogen (secondary N) is 1. The average Bonchev–Trinajstić information content (AvgIpc) is 3.55. The Balaban J connectivity index is 1.64. The van der Waals surface area contributed by atoms with Gasteiger partial charge in [-0.2, -0.15) is 22.8 Å². The van der Waals surface area contributed by atoms with E-state index < -0.39 is 30.1 Å². The van der Waals surface area contributed by atoms with Crippen LogP contribution in [0, 0.1) is 12.8 Å². The zero-order valence-corrected chi connectivity index (χ0v) is 21.0. The molecule has 3 heterocycles. The highest BCUT2D eigenvalue weighted by molar-refractivity contribution is 5.97. The summed E-state index contributed by atoms with van der Waals surface area (Å²) in [6, 6.07) is -0.0141. The number of piperazine rings is 1. The summed E-state index contributed by atoms with van der Waals surface area (Å²) in [7, 11) is 0. The summed E-state index contributed by atoms with van der Waals surface area (Å²) in [6.45, 7) is 5.24. The number of amides is 2. The molecule has 0 radical (unpaired) electrons. The molecule has 0 spiro atoms. The van der Waals surface area contributed by atoms with Crippen molar-refractivity contribution >= 4 is 23.5 Å². The molecule has 4 rings (SSSR count). The van der Waals surface area contributed by atoms with Crippen molar-refractivity contribution in [3.8, 4) is 5.88 Å². The van der Waals surface area contributed by atoms with Crippen molar-refractivity contribution in [1.29, 1.82) is 0 Å². The number of alkyl halides is 3. The van der Waals surface area contributed by atoms with Crippen LogP contribution < -0.4 is 10.9 Å². The number of hydrogen-bond donors (Lipinski definition) is 2. The first-order valence-electron chi connectivity index (χ1n) is 12.3. The fraction of sp³-hybridized carbons (Fsp3) is 0.583. The maximum atomic E-state index is 13.4. The van der Waals surface area contributed by atoms with Gasteiger partial charge >= 0.3 is 6.18 Å². The predicted octanol–water partition coefficient (Wildman–Crippen LogP) is 1.78. The molecule has 37 heavy (non-hydrogen) atoms. The van der Waals surface area contributed by atoms with Crippen LogP contribution >= 0.6 is 0 Å². The third-order valence-electron chi connectivity index (χ3n) is 6.39. The molecule has 1 saturated heterocycles. The summed E-state index contributed by atoms with van der Waals surface area (Å²) in [5, 5.41) is 17.9. The Bertz CT molecular complexity index is 1280. The SMILES string of the molecule is Cc1nn2c(O)c(C(=O)NC3CC3)c(=O)n(CC(C)C)c2c1C=CC(=O)N1CCN(CC(F)(F)F)CC1. The molecule has 0 aromatic carbocycles. The van der Waals surface area contributed by atoms with Crippen molar-refractivity contribution in [2.45, 2.75) is 52.4 Å². The third-order valence-corrected chi connectivity index (χ3v) is 6.39. The van der Waals surface area contributed by atoms with E-state index in [4.69, 9.17) is 0 Å². The second kappa shape index (κ2) is 10.2. The average molecular weight is 525 g/mol. The van der Waals surface area contributed by atoms with Gasteiger partial charge in [-0.25, -0.2) is 0 Å². The van der Waals surface area contributed by atoms with Crippen molar-refractivity contribution in [3.63, 3.8) is 0 Å². The van der Waals surface area contributed by atoms with E-state index in [1.807, 2.05) is 13.8 Å². The maximum absolute atomic E-state index is 13.4. The molecule has 10 nitrogen and oxygen atoms in total. The van der Waals surface area contributed by atoms with Crippen molar-refractivity contribution in [1.82, 2.24) is 29.3 Å². The molecular formula is C24H31F3N6O4. The van der Waals surface area contributed by atoms with Crippen molar-refractivity contribution in [2.24, 2.45) is 5.92 Å². The summed E-state index contributed by atoms with van der Waals surface area (Å²) < 4.78 is 40.4. The fourth-order valence-electron chi connectivity index (χ4n) is 4.42. The molecule has 2 aromatic rings. The van der Waals surface area contributed by atoms with Crippen LogP contribution in [-0.4, -0.2) is 85.8 Å². The third kappa shape index (κ3) is 5.97. The molecule has 1 aliphatic heterocycles. The molecule has 2 amide bonds. The van der Waals surface area contributed by atoms with Gasteiger partial charge < -0.3 is 15.3 Å². The minimum Gasteiger partial charge on any atom is -0.492 e. The molecule has 0 atom stereocenters. The maximum Gasteiger partial charge on any atom is 0.401 e. The van der Waals surface area contributed by atoms with Crippen LogP contribution in [-0.2, 0) is 11.3 Å². The molecule has 2 aliphatic rings. The van der Waals surface area contributed by atoms with Gasteiger partial charge in [-0.3, -0.25) is 23.9 Å². The normalized spacial score (nSPS) is 17.3. The Morgan fingerprint density at radius 2 is 1.84 bits per heavy atom. The van der Waals surface area contributed by atoms with Gasteiger partial charge in [0.1, 0.15) is 5.65 Å². The lowest BCUT2D eigenvalue weighted by atomic mass is 10.1. The van der Waals surface area contributed by atoms with Crippen LogP contribution in [0.3, 0.4) is 0 Å². The Morgan fingerprint density at radius 3 is 2.41 bits per heavy atom. The van der Waals surface area contributed by atoms with E-state index in [1.54, 1.807) is 6.92 Å². The van der Waals surface area contributed by atoms with E-state index in [-0.39, 0.29) is 61.8 Å². The van der Waals surface area contributed by atoms with Crippen LogP contribution in [0.2, 0.25) is 0 Å². The molecule has 202 valence electrons. The number of hydrogen-bond acceptors (Lipinski definition) is 6. The molecule has 0 unspecified atom stereocenters. The quantitative estimate of drug-likeness (QED) is 0.534. The first-order valence-corrected chi connectivity index (χ1v) is 12.3. The lowest BCUT2D eigenvalue weighted by molar-refractivity contribution is -0.150. The summed E-state index contributed by atoms with van der Waals surface area (Å²) in [4.78, 5) is 41.6. The van der Waals surface area contributed by atoms with Crippen molar-refractivity contribution in [3.05, 3.63) is 33.3 Å². The van der Waals surface area contributed by atoms with Gasteiger partial charge in [0, 0.05) is 50.4 Å². The number of fused-ring (bicyclic) bond motifs is 1. The Morgan fingerprint density at radius 1 is 1.19 bits per heavy atom. The highest BCUT2D eigenvalue weighted by Gasteiger charge is 2.33. The van der Waals surface area contributed by atoms with Crippen LogP contribution in [0.5, 0.6) is 5.88 Å². The van der Waals surface area contributed by atoms with Crippen molar-refractivity contribution < 1.29 is 27.9 Å². The smallest absolute Gasteiger partial charge is 0.401 e. The van der Waals surface area contributed by atoms with Crippen LogP contribution in [0.25, 0.3) is 11.7 Å². The number of aromatic nitrogens is 3. The molecule has 1 saturated carbocycles. The Hall–Kier alpha value is -3.35. The number of carbonyl (C=O) groups is 2. The van der Waals surface area contributed by atoms with Gasteiger partial charge in [0.25, 0.3) is 11.5 Å². The number of halogens is 3. The van der Waals surface area contributed by atoms with Crippen molar-refractivity contribution in [2.75, 3.05) is 32.7 Å². The van der Waals surface area contributed by atoms with Gasteiger partial charge in [0.2, 0.25) is 11.8 Å². The standard InChI is InChI=1S/C24H31F3N6O4/c1-14(2)12-32-21-17(6-7-18(34)31-10-8-30(9-11-31)13-24(25,26)27)15(3)29-33(21)23(37)19(22(32)36)20(35)28-16-4-5-16/h6-7,14,16,37H,4-5,8-13H2,1-3H3,(H,28,35). The first kappa shape index (κ1) is 26.7. The van der Waals surface area contributed by atoms with Gasteiger partial charge in [-0.05, 0) is 31.8 Å². The van der Waals surface area contributed by atoms with Gasteiger partial charge in [-0.15, -0.1) is 0 Å². The lowest BCUT2D eigenvalue weighted by Gasteiger charge is -2.34. The van der Waals surface area contributed by atoms with Crippen LogP contribution in [0.15, 0.2) is 10.9 Å². The second-order valence-electron chi connectivity index (χ2n) is 10.0. The number of aromatic hydroxyl groups is 1. The molecule has 2 fully saturated rings. The van der Waals surface area contributed by atoms with E-state index >= 15 is 0 Å². The summed E-state index contributed by atoms with van der Waals surface area (Å²) in [5.41, 5.74) is 0.0531. The molecule has 1 aliphatic carbocycles. The largest absolute Gasteiger partial charge is 0.492 e. The first-order chi connectivity index (χ1) is 17.4. The number of aryl methyl sites for hydroxylation is 1. The van der Waals surface area contributed by atoms with E-state index in [0.717, 1.165) is 17.4 Å². The predicted molar refractivity (Wildman–Crippen MR) is 129 cm³/mol. The van der Waals surface area contributed by atoms with Crippen LogP contribution in [0.4, 0.5) is 13.2 Å². The zero-order chi connectivity index (χ0) is 27.1.